The SMILES string of the molecule is CC(C)CC(C)(C)CNC(=O)C1CCCCC1(C)N.Cl. The van der Waals surface area contributed by atoms with Crippen molar-refractivity contribution in [2.24, 2.45) is 23.0 Å². The van der Waals surface area contributed by atoms with Crippen molar-refractivity contribution in [1.29, 1.82) is 0 Å². The van der Waals surface area contributed by atoms with E-state index in [9.17, 15) is 4.79 Å². The van der Waals surface area contributed by atoms with Crippen LogP contribution in [0.1, 0.15) is 66.7 Å². The van der Waals surface area contributed by atoms with Gasteiger partial charge in [-0.3, -0.25) is 4.79 Å². The van der Waals surface area contributed by atoms with Gasteiger partial charge in [0.25, 0.3) is 0 Å². The van der Waals surface area contributed by atoms with Gasteiger partial charge in [0.05, 0.1) is 5.92 Å². The summed E-state index contributed by atoms with van der Waals surface area (Å²) in [5, 5.41) is 3.13. The van der Waals surface area contributed by atoms with Gasteiger partial charge in [-0.05, 0) is 37.5 Å². The van der Waals surface area contributed by atoms with Crippen LogP contribution in [0.4, 0.5) is 0 Å². The average molecular weight is 305 g/mol. The van der Waals surface area contributed by atoms with Crippen LogP contribution in [0.25, 0.3) is 0 Å². The van der Waals surface area contributed by atoms with Crippen molar-refractivity contribution >= 4 is 18.3 Å². The molecular weight excluding hydrogens is 272 g/mol. The number of carbonyl (C=O) groups is 1. The molecule has 2 unspecified atom stereocenters. The molecule has 1 aliphatic carbocycles. The molecule has 20 heavy (non-hydrogen) atoms. The Hall–Kier alpha value is -0.280. The highest BCUT2D eigenvalue weighted by molar-refractivity contribution is 5.85. The largest absolute Gasteiger partial charge is 0.355 e. The summed E-state index contributed by atoms with van der Waals surface area (Å²) < 4.78 is 0. The Kier molecular flexibility index (Phi) is 7.54. The Morgan fingerprint density at radius 2 is 2.00 bits per heavy atom. The molecule has 0 radical (unpaired) electrons. The summed E-state index contributed by atoms with van der Waals surface area (Å²) in [5.41, 5.74) is 6.11. The summed E-state index contributed by atoms with van der Waals surface area (Å²) in [4.78, 5) is 12.4. The molecule has 0 heterocycles. The molecule has 1 aliphatic rings. The monoisotopic (exact) mass is 304 g/mol. The maximum absolute atomic E-state index is 12.4. The van der Waals surface area contributed by atoms with E-state index in [-0.39, 0.29) is 35.2 Å². The van der Waals surface area contributed by atoms with Gasteiger partial charge in [0.2, 0.25) is 5.91 Å². The molecule has 0 spiro atoms. The topological polar surface area (TPSA) is 55.1 Å². The minimum atomic E-state index is -0.329. The minimum absolute atomic E-state index is 0. The third kappa shape index (κ3) is 6.01. The van der Waals surface area contributed by atoms with Gasteiger partial charge in [0.15, 0.2) is 0 Å². The van der Waals surface area contributed by atoms with E-state index in [4.69, 9.17) is 5.73 Å². The Labute approximate surface area is 130 Å². The van der Waals surface area contributed by atoms with E-state index < -0.39 is 0 Å². The van der Waals surface area contributed by atoms with Crippen LogP contribution in [-0.4, -0.2) is 18.0 Å². The maximum atomic E-state index is 12.4. The summed E-state index contributed by atoms with van der Waals surface area (Å²) >= 11 is 0. The van der Waals surface area contributed by atoms with Gasteiger partial charge < -0.3 is 11.1 Å². The van der Waals surface area contributed by atoms with Crippen LogP contribution in [0, 0.1) is 17.3 Å². The van der Waals surface area contributed by atoms with Crippen LogP contribution in [0.15, 0.2) is 0 Å². The van der Waals surface area contributed by atoms with Gasteiger partial charge in [0, 0.05) is 12.1 Å². The van der Waals surface area contributed by atoms with Crippen molar-refractivity contribution in [3.63, 3.8) is 0 Å². The van der Waals surface area contributed by atoms with Crippen molar-refractivity contribution < 1.29 is 4.79 Å². The van der Waals surface area contributed by atoms with Crippen molar-refractivity contribution in [3.8, 4) is 0 Å². The van der Waals surface area contributed by atoms with Gasteiger partial charge in [-0.2, -0.15) is 0 Å². The van der Waals surface area contributed by atoms with Crippen LogP contribution in [0.3, 0.4) is 0 Å². The summed E-state index contributed by atoms with van der Waals surface area (Å²) in [6, 6.07) is 0. The fourth-order valence-electron chi connectivity index (χ4n) is 3.42. The molecule has 0 bridgehead atoms. The van der Waals surface area contributed by atoms with Crippen LogP contribution in [-0.2, 0) is 4.79 Å². The molecule has 2 atom stereocenters. The molecule has 0 aromatic carbocycles. The predicted molar refractivity (Wildman–Crippen MR) is 88.0 cm³/mol. The summed E-state index contributed by atoms with van der Waals surface area (Å²) in [5.74, 6) is 0.791. The molecule has 3 nitrogen and oxygen atoms in total. The standard InChI is InChI=1S/C16H32N2O.ClH/c1-12(2)10-15(3,4)11-18-14(19)13-8-6-7-9-16(13,5)17;/h12-13H,6-11,17H2,1-5H3,(H,18,19);1H. The highest BCUT2D eigenvalue weighted by atomic mass is 35.5. The van der Waals surface area contributed by atoms with Crippen LogP contribution in [0.5, 0.6) is 0 Å². The first-order chi connectivity index (χ1) is 8.64. The van der Waals surface area contributed by atoms with E-state index in [1.807, 2.05) is 6.92 Å². The number of halogens is 1. The van der Waals surface area contributed by atoms with Crippen molar-refractivity contribution in [2.45, 2.75) is 72.3 Å². The summed E-state index contributed by atoms with van der Waals surface area (Å²) in [6.07, 6.45) is 5.29. The predicted octanol–water partition coefficient (Wildman–Crippen LogP) is 3.50. The third-order valence-electron chi connectivity index (χ3n) is 4.27. The van der Waals surface area contributed by atoms with Crippen LogP contribution >= 0.6 is 12.4 Å². The molecule has 1 rings (SSSR count). The van der Waals surface area contributed by atoms with Gasteiger partial charge in [0.1, 0.15) is 0 Å². The lowest BCUT2D eigenvalue weighted by atomic mass is 9.74. The zero-order chi connectivity index (χ0) is 14.7. The average Bonchev–Trinajstić information content (AvgIpc) is 2.23. The van der Waals surface area contributed by atoms with Crippen molar-refractivity contribution in [3.05, 3.63) is 0 Å². The van der Waals surface area contributed by atoms with Gasteiger partial charge in [-0.1, -0.05) is 40.5 Å². The number of rotatable bonds is 5. The first kappa shape index (κ1) is 19.7. The second kappa shape index (κ2) is 7.65. The molecule has 1 fully saturated rings. The number of hydrogen-bond donors (Lipinski definition) is 2. The second-order valence-corrected chi connectivity index (χ2v) is 7.78. The first-order valence-electron chi connectivity index (χ1n) is 7.71. The molecule has 0 aromatic heterocycles. The zero-order valence-corrected chi connectivity index (χ0v) is 14.6. The normalized spacial score (nSPS) is 27.1. The van der Waals surface area contributed by atoms with Gasteiger partial charge in [-0.15, -0.1) is 12.4 Å². The van der Waals surface area contributed by atoms with Crippen molar-refractivity contribution in [2.75, 3.05) is 6.54 Å². The van der Waals surface area contributed by atoms with E-state index in [2.05, 4.69) is 33.0 Å². The number of nitrogens with one attached hydrogen (secondary N) is 1. The maximum Gasteiger partial charge on any atom is 0.224 e. The Morgan fingerprint density at radius 3 is 2.50 bits per heavy atom. The van der Waals surface area contributed by atoms with E-state index >= 15 is 0 Å². The summed E-state index contributed by atoms with van der Waals surface area (Å²) in [6.45, 7) is 11.7. The van der Waals surface area contributed by atoms with E-state index in [0.717, 1.165) is 38.6 Å². The van der Waals surface area contributed by atoms with Gasteiger partial charge in [-0.25, -0.2) is 0 Å². The Morgan fingerprint density at radius 1 is 1.40 bits per heavy atom. The number of amides is 1. The Balaban J connectivity index is 0.00000361. The fraction of sp³-hybridized carbons (Fsp3) is 0.938. The van der Waals surface area contributed by atoms with Crippen molar-refractivity contribution in [1.82, 2.24) is 5.32 Å². The molecule has 0 aliphatic heterocycles. The molecule has 0 saturated heterocycles. The lowest BCUT2D eigenvalue weighted by Gasteiger charge is -2.38. The highest BCUT2D eigenvalue weighted by Gasteiger charge is 2.38. The Bertz CT molecular complexity index is 314. The molecule has 3 N–H and O–H groups in total. The lowest BCUT2D eigenvalue weighted by Crippen LogP contribution is -2.53. The highest BCUT2D eigenvalue weighted by Crippen LogP contribution is 2.32. The van der Waals surface area contributed by atoms with E-state index in [1.165, 1.54) is 0 Å². The molecular formula is C16H33ClN2O. The number of hydrogen-bond acceptors (Lipinski definition) is 2. The molecule has 0 aromatic rings. The first-order valence-corrected chi connectivity index (χ1v) is 7.71. The van der Waals surface area contributed by atoms with Crippen LogP contribution < -0.4 is 11.1 Å². The molecule has 1 saturated carbocycles. The molecule has 120 valence electrons. The smallest absolute Gasteiger partial charge is 0.224 e. The fourth-order valence-corrected chi connectivity index (χ4v) is 3.42. The second-order valence-electron chi connectivity index (χ2n) is 7.78. The molecule has 1 amide bonds. The molecule has 4 heteroatoms. The lowest BCUT2D eigenvalue weighted by molar-refractivity contribution is -0.128. The minimum Gasteiger partial charge on any atom is -0.355 e. The summed E-state index contributed by atoms with van der Waals surface area (Å²) in [7, 11) is 0. The van der Waals surface area contributed by atoms with E-state index in [0.29, 0.717) is 5.92 Å². The zero-order valence-electron chi connectivity index (χ0n) is 13.8. The van der Waals surface area contributed by atoms with Gasteiger partial charge >= 0.3 is 0 Å². The number of nitrogens with two attached hydrogens (primary N) is 1. The number of carbonyl (C=O) groups excluding carboxylic acids is 1. The van der Waals surface area contributed by atoms with Crippen LogP contribution in [0.2, 0.25) is 0 Å². The van der Waals surface area contributed by atoms with E-state index in [1.54, 1.807) is 0 Å². The quantitative estimate of drug-likeness (QED) is 0.816. The third-order valence-corrected chi connectivity index (χ3v) is 4.27.